The Morgan fingerprint density at radius 1 is 0.963 bits per heavy atom. The van der Waals surface area contributed by atoms with E-state index in [0.29, 0.717) is 6.61 Å². The molecule has 4 atom stereocenters. The van der Waals surface area contributed by atoms with Crippen LogP contribution in [-0.2, 0) is 9.47 Å². The Hall–Kier alpha value is -0.460. The Labute approximate surface area is 165 Å². The number of rotatable bonds is 17. The first-order valence-corrected chi connectivity index (χ1v) is 11.1. The monoisotopic (exact) mass is 386 g/mol. The van der Waals surface area contributed by atoms with Gasteiger partial charge in [0, 0.05) is 6.61 Å². The summed E-state index contributed by atoms with van der Waals surface area (Å²) in [5.74, 6) is 0. The summed E-state index contributed by atoms with van der Waals surface area (Å²) in [5.41, 5.74) is 0. The van der Waals surface area contributed by atoms with Crippen molar-refractivity contribution < 1.29 is 24.8 Å². The summed E-state index contributed by atoms with van der Waals surface area (Å²) in [7, 11) is 0. The predicted octanol–water partition coefficient (Wildman–Crippen LogP) is 3.74. The van der Waals surface area contributed by atoms with E-state index in [-0.39, 0.29) is 6.61 Å². The largest absolute Gasteiger partial charge is 0.394 e. The van der Waals surface area contributed by atoms with E-state index in [2.05, 4.69) is 19.1 Å². The summed E-state index contributed by atoms with van der Waals surface area (Å²) in [5, 5.41) is 28.5. The van der Waals surface area contributed by atoms with Gasteiger partial charge in [0.15, 0.2) is 0 Å². The van der Waals surface area contributed by atoms with Gasteiger partial charge < -0.3 is 24.8 Å². The number of allylic oxidation sites excluding steroid dienone is 2. The highest BCUT2D eigenvalue weighted by molar-refractivity contribution is 4.88. The second kappa shape index (κ2) is 16.5. The van der Waals surface area contributed by atoms with Gasteiger partial charge in [0.2, 0.25) is 0 Å². The summed E-state index contributed by atoms with van der Waals surface area (Å²) >= 11 is 0. The number of ether oxygens (including phenoxy) is 2. The van der Waals surface area contributed by atoms with Crippen LogP contribution in [0.15, 0.2) is 12.2 Å². The van der Waals surface area contributed by atoms with Gasteiger partial charge in [-0.2, -0.15) is 0 Å². The third-order valence-corrected chi connectivity index (χ3v) is 5.22. The number of hydrogen-bond acceptors (Lipinski definition) is 5. The summed E-state index contributed by atoms with van der Waals surface area (Å²) < 4.78 is 11.0. The van der Waals surface area contributed by atoms with Gasteiger partial charge in [0.25, 0.3) is 0 Å². The average molecular weight is 387 g/mol. The van der Waals surface area contributed by atoms with Crippen molar-refractivity contribution in [1.29, 1.82) is 0 Å². The van der Waals surface area contributed by atoms with Crippen LogP contribution in [0.25, 0.3) is 0 Å². The molecule has 1 rings (SSSR count). The molecule has 1 aliphatic heterocycles. The Bertz CT molecular complexity index is 361. The maximum Gasteiger partial charge on any atom is 0.114 e. The molecule has 1 saturated heterocycles. The number of hydrogen-bond donors (Lipinski definition) is 3. The normalized spacial score (nSPS) is 24.1. The standard InChI is InChI=1S/C22H42O5/c1-2-3-4-5-6-7-8-9-10-11-12-13-14-15-16-26-20-18-27-22(21(20)25)19(24)17-23/h6-7,19-25H,2-5,8-18H2,1H3/b7-6+/t19-,20+,21+,22+/m1/s1. The highest BCUT2D eigenvalue weighted by Crippen LogP contribution is 2.20. The molecule has 0 unspecified atom stereocenters. The van der Waals surface area contributed by atoms with Gasteiger partial charge in [-0.1, -0.05) is 64.0 Å². The first-order chi connectivity index (χ1) is 13.2. The predicted molar refractivity (Wildman–Crippen MR) is 109 cm³/mol. The first-order valence-electron chi connectivity index (χ1n) is 11.1. The van der Waals surface area contributed by atoms with Crippen LogP contribution in [0.4, 0.5) is 0 Å². The van der Waals surface area contributed by atoms with Gasteiger partial charge in [-0.05, 0) is 32.1 Å². The van der Waals surface area contributed by atoms with Crippen LogP contribution in [0.3, 0.4) is 0 Å². The molecule has 160 valence electrons. The van der Waals surface area contributed by atoms with Gasteiger partial charge in [-0.3, -0.25) is 0 Å². The van der Waals surface area contributed by atoms with Crippen LogP contribution < -0.4 is 0 Å². The lowest BCUT2D eigenvalue weighted by Gasteiger charge is -2.20. The fourth-order valence-corrected chi connectivity index (χ4v) is 3.43. The number of unbranched alkanes of at least 4 members (excludes halogenated alkanes) is 10. The number of aliphatic hydroxyl groups is 3. The zero-order valence-corrected chi connectivity index (χ0v) is 17.2. The third-order valence-electron chi connectivity index (χ3n) is 5.22. The summed E-state index contributed by atoms with van der Waals surface area (Å²) in [6.07, 6.45) is 16.6. The quantitative estimate of drug-likeness (QED) is 0.262. The van der Waals surface area contributed by atoms with Crippen LogP contribution in [0.1, 0.15) is 84.0 Å². The van der Waals surface area contributed by atoms with Crippen molar-refractivity contribution in [2.24, 2.45) is 0 Å². The third kappa shape index (κ3) is 11.2. The van der Waals surface area contributed by atoms with Crippen molar-refractivity contribution in [3.05, 3.63) is 12.2 Å². The Morgan fingerprint density at radius 3 is 2.19 bits per heavy atom. The minimum atomic E-state index is -1.05. The summed E-state index contributed by atoms with van der Waals surface area (Å²) in [6, 6.07) is 0. The fourth-order valence-electron chi connectivity index (χ4n) is 3.43. The second-order valence-corrected chi connectivity index (χ2v) is 7.68. The summed E-state index contributed by atoms with van der Waals surface area (Å²) in [4.78, 5) is 0. The van der Waals surface area contributed by atoms with E-state index in [1.54, 1.807) is 0 Å². The molecule has 1 fully saturated rings. The molecule has 0 aromatic rings. The molecule has 0 aromatic heterocycles. The molecule has 27 heavy (non-hydrogen) atoms. The molecule has 5 heteroatoms. The van der Waals surface area contributed by atoms with Gasteiger partial charge >= 0.3 is 0 Å². The molecule has 0 bridgehead atoms. The van der Waals surface area contributed by atoms with E-state index < -0.39 is 31.0 Å². The maximum atomic E-state index is 10.0. The number of aliphatic hydroxyl groups excluding tert-OH is 3. The first kappa shape index (κ1) is 24.6. The van der Waals surface area contributed by atoms with Crippen LogP contribution in [0.5, 0.6) is 0 Å². The van der Waals surface area contributed by atoms with Crippen molar-refractivity contribution >= 4 is 0 Å². The summed E-state index contributed by atoms with van der Waals surface area (Å²) in [6.45, 7) is 2.71. The molecule has 0 saturated carbocycles. The molecule has 0 aromatic carbocycles. The molecule has 1 heterocycles. The molecule has 5 nitrogen and oxygen atoms in total. The smallest absolute Gasteiger partial charge is 0.114 e. The van der Waals surface area contributed by atoms with Crippen molar-refractivity contribution in [1.82, 2.24) is 0 Å². The molecule has 3 N–H and O–H groups in total. The second-order valence-electron chi connectivity index (χ2n) is 7.68. The zero-order valence-electron chi connectivity index (χ0n) is 17.2. The van der Waals surface area contributed by atoms with Gasteiger partial charge in [-0.25, -0.2) is 0 Å². The molecule has 0 spiro atoms. The lowest BCUT2D eigenvalue weighted by molar-refractivity contribution is -0.0730. The van der Waals surface area contributed by atoms with Gasteiger partial charge in [-0.15, -0.1) is 0 Å². The molecule has 0 aliphatic carbocycles. The Balaban J connectivity index is 1.86. The minimum Gasteiger partial charge on any atom is -0.394 e. The highest BCUT2D eigenvalue weighted by Gasteiger charge is 2.40. The van der Waals surface area contributed by atoms with E-state index in [9.17, 15) is 10.2 Å². The lowest BCUT2D eigenvalue weighted by atomic mass is 10.1. The Morgan fingerprint density at radius 2 is 1.56 bits per heavy atom. The van der Waals surface area contributed by atoms with Crippen LogP contribution in [-0.4, -0.2) is 59.6 Å². The van der Waals surface area contributed by atoms with Crippen LogP contribution in [0.2, 0.25) is 0 Å². The molecular weight excluding hydrogens is 344 g/mol. The van der Waals surface area contributed by atoms with Crippen molar-refractivity contribution in [3.8, 4) is 0 Å². The van der Waals surface area contributed by atoms with Crippen molar-refractivity contribution in [2.45, 2.75) is 108 Å². The van der Waals surface area contributed by atoms with Gasteiger partial charge in [0.1, 0.15) is 24.4 Å². The van der Waals surface area contributed by atoms with E-state index in [4.69, 9.17) is 14.6 Å². The molecule has 0 radical (unpaired) electrons. The maximum absolute atomic E-state index is 10.0. The van der Waals surface area contributed by atoms with Crippen molar-refractivity contribution in [2.75, 3.05) is 19.8 Å². The molecular formula is C22H42O5. The Kier molecular flexibility index (Phi) is 15.0. The minimum absolute atomic E-state index is 0.274. The lowest BCUT2D eigenvalue weighted by Crippen LogP contribution is -2.41. The van der Waals surface area contributed by atoms with Gasteiger partial charge in [0.05, 0.1) is 13.2 Å². The zero-order chi connectivity index (χ0) is 19.7. The molecule has 0 amide bonds. The van der Waals surface area contributed by atoms with E-state index >= 15 is 0 Å². The molecule has 1 aliphatic rings. The van der Waals surface area contributed by atoms with E-state index in [0.717, 1.165) is 12.8 Å². The topological polar surface area (TPSA) is 79.2 Å². The van der Waals surface area contributed by atoms with Crippen LogP contribution >= 0.6 is 0 Å². The van der Waals surface area contributed by atoms with Crippen LogP contribution in [0, 0.1) is 0 Å². The fraction of sp³-hybridized carbons (Fsp3) is 0.909. The van der Waals surface area contributed by atoms with Crippen molar-refractivity contribution in [3.63, 3.8) is 0 Å². The highest BCUT2D eigenvalue weighted by atomic mass is 16.6. The van der Waals surface area contributed by atoms with E-state index in [1.165, 1.54) is 64.2 Å². The SMILES string of the molecule is CCCCC/C=C/CCCCCCCCCO[C@H]1CO[C@@H]([C@H](O)CO)[C@H]1O. The average Bonchev–Trinajstić information content (AvgIpc) is 3.04. The van der Waals surface area contributed by atoms with E-state index in [1.807, 2.05) is 0 Å².